The van der Waals surface area contributed by atoms with Gasteiger partial charge in [-0.25, -0.2) is 0 Å². The number of carbonyl (C=O) groups is 1. The first kappa shape index (κ1) is 17.5. The lowest BCUT2D eigenvalue weighted by Gasteiger charge is -2.41. The molecule has 1 saturated carbocycles. The lowest BCUT2D eigenvalue weighted by Crippen LogP contribution is -2.52. The van der Waals surface area contributed by atoms with Gasteiger partial charge in [0.2, 0.25) is 5.91 Å². The largest absolute Gasteiger partial charge is 0.466 e. The van der Waals surface area contributed by atoms with E-state index < -0.39 is 0 Å². The van der Waals surface area contributed by atoms with Crippen LogP contribution in [0.2, 0.25) is 0 Å². The topological polar surface area (TPSA) is 65.7 Å². The molecule has 1 aliphatic carbocycles. The van der Waals surface area contributed by atoms with Gasteiger partial charge < -0.3 is 14.8 Å². The number of carbonyl (C=O) groups excluding carboxylic acids is 1. The molecule has 1 aliphatic heterocycles. The van der Waals surface area contributed by atoms with Crippen LogP contribution in [0.4, 0.5) is 0 Å². The van der Waals surface area contributed by atoms with E-state index in [2.05, 4.69) is 10.2 Å². The second kappa shape index (κ2) is 8.17. The van der Waals surface area contributed by atoms with Crippen molar-refractivity contribution >= 4 is 5.91 Å². The third-order valence-corrected chi connectivity index (χ3v) is 5.45. The number of furan rings is 1. The van der Waals surface area contributed by atoms with E-state index in [1.165, 1.54) is 6.42 Å². The summed E-state index contributed by atoms with van der Waals surface area (Å²) < 4.78 is 5.50. The summed E-state index contributed by atoms with van der Waals surface area (Å²) in [5.41, 5.74) is 0. The molecule has 24 heavy (non-hydrogen) atoms. The lowest BCUT2D eigenvalue weighted by atomic mass is 9.89. The predicted molar refractivity (Wildman–Crippen MR) is 92.8 cm³/mol. The summed E-state index contributed by atoms with van der Waals surface area (Å²) in [6, 6.07) is 4.48. The molecule has 1 aromatic rings. The van der Waals surface area contributed by atoms with Crippen LogP contribution in [0.5, 0.6) is 0 Å². The zero-order valence-electron chi connectivity index (χ0n) is 14.7. The number of aliphatic hydroxyl groups is 1. The molecule has 0 bridgehead atoms. The van der Waals surface area contributed by atoms with E-state index in [9.17, 15) is 9.90 Å². The number of aliphatic hydroxyl groups excluding tert-OH is 1. The first-order valence-corrected chi connectivity index (χ1v) is 9.38. The molecule has 5 nitrogen and oxygen atoms in total. The van der Waals surface area contributed by atoms with Crippen molar-refractivity contribution in [2.24, 2.45) is 0 Å². The molecule has 0 spiro atoms. The molecular weight excluding hydrogens is 304 g/mol. The van der Waals surface area contributed by atoms with E-state index in [4.69, 9.17) is 4.42 Å². The summed E-state index contributed by atoms with van der Waals surface area (Å²) >= 11 is 0. The van der Waals surface area contributed by atoms with Gasteiger partial charge in [0.05, 0.1) is 6.10 Å². The number of hydrogen-bond acceptors (Lipinski definition) is 4. The van der Waals surface area contributed by atoms with Crippen molar-refractivity contribution in [3.05, 3.63) is 23.7 Å². The normalized spacial score (nSPS) is 26.4. The highest BCUT2D eigenvalue weighted by Gasteiger charge is 2.31. The molecular formula is C19H30N2O3. The number of nitrogens with one attached hydrogen (secondary N) is 1. The smallest absolute Gasteiger partial charge is 0.220 e. The summed E-state index contributed by atoms with van der Waals surface area (Å²) in [6.07, 6.45) is 7.37. The SMILES string of the molecule is Cc1ccc(CCC(=O)NC2CCN(C3CCCCC3O)CC2)o1. The Morgan fingerprint density at radius 2 is 2.00 bits per heavy atom. The standard InChI is InChI=1S/C19H30N2O3/c1-14-6-7-16(24-14)8-9-19(23)20-15-10-12-21(13-11-15)17-4-2-3-5-18(17)22/h6-7,15,17-18,22H,2-5,8-13H2,1H3,(H,20,23). The average molecular weight is 334 g/mol. The van der Waals surface area contributed by atoms with E-state index in [0.29, 0.717) is 18.9 Å². The van der Waals surface area contributed by atoms with Gasteiger partial charge in [0, 0.05) is 38.0 Å². The van der Waals surface area contributed by atoms with Crippen LogP contribution in [0.15, 0.2) is 16.5 Å². The van der Waals surface area contributed by atoms with Crippen molar-refractivity contribution in [3.8, 4) is 0 Å². The van der Waals surface area contributed by atoms with E-state index in [1.807, 2.05) is 19.1 Å². The van der Waals surface area contributed by atoms with Crippen LogP contribution in [0.1, 0.15) is 56.5 Å². The molecule has 2 fully saturated rings. The van der Waals surface area contributed by atoms with Crippen molar-refractivity contribution in [2.75, 3.05) is 13.1 Å². The van der Waals surface area contributed by atoms with Gasteiger partial charge in [0.15, 0.2) is 0 Å². The minimum absolute atomic E-state index is 0.111. The maximum Gasteiger partial charge on any atom is 0.220 e. The number of hydrogen-bond donors (Lipinski definition) is 2. The average Bonchev–Trinajstić information content (AvgIpc) is 3.00. The predicted octanol–water partition coefficient (Wildman–Crippen LogP) is 2.40. The van der Waals surface area contributed by atoms with Crippen LogP contribution in [0, 0.1) is 6.92 Å². The second-order valence-electron chi connectivity index (χ2n) is 7.31. The Labute approximate surface area is 144 Å². The highest BCUT2D eigenvalue weighted by molar-refractivity contribution is 5.76. The van der Waals surface area contributed by atoms with Crippen LogP contribution in [0.3, 0.4) is 0 Å². The number of aryl methyl sites for hydroxylation is 2. The molecule has 134 valence electrons. The summed E-state index contributed by atoms with van der Waals surface area (Å²) in [7, 11) is 0. The fourth-order valence-electron chi connectivity index (χ4n) is 4.05. The van der Waals surface area contributed by atoms with E-state index >= 15 is 0 Å². The fraction of sp³-hybridized carbons (Fsp3) is 0.737. The van der Waals surface area contributed by atoms with E-state index in [1.54, 1.807) is 0 Å². The van der Waals surface area contributed by atoms with Gasteiger partial charge in [-0.05, 0) is 44.7 Å². The third kappa shape index (κ3) is 4.61. The van der Waals surface area contributed by atoms with Crippen LogP contribution >= 0.6 is 0 Å². The first-order chi connectivity index (χ1) is 11.6. The Kier molecular flexibility index (Phi) is 5.95. The molecule has 5 heteroatoms. The Morgan fingerprint density at radius 3 is 2.67 bits per heavy atom. The molecule has 2 unspecified atom stereocenters. The van der Waals surface area contributed by atoms with Crippen molar-refractivity contribution in [1.29, 1.82) is 0 Å². The Morgan fingerprint density at radius 1 is 1.25 bits per heavy atom. The fourth-order valence-corrected chi connectivity index (χ4v) is 4.05. The minimum atomic E-state index is -0.165. The highest BCUT2D eigenvalue weighted by Crippen LogP contribution is 2.25. The molecule has 2 heterocycles. The summed E-state index contributed by atoms with van der Waals surface area (Å²) in [6.45, 7) is 3.87. The van der Waals surface area contributed by atoms with Gasteiger partial charge in [-0.2, -0.15) is 0 Å². The van der Waals surface area contributed by atoms with E-state index in [0.717, 1.165) is 56.7 Å². The zero-order valence-corrected chi connectivity index (χ0v) is 14.7. The maximum absolute atomic E-state index is 12.1. The molecule has 2 atom stereocenters. The van der Waals surface area contributed by atoms with Gasteiger partial charge in [-0.15, -0.1) is 0 Å². The van der Waals surface area contributed by atoms with Gasteiger partial charge in [-0.1, -0.05) is 12.8 Å². The van der Waals surface area contributed by atoms with Gasteiger partial charge >= 0.3 is 0 Å². The molecule has 0 radical (unpaired) electrons. The molecule has 1 amide bonds. The molecule has 1 aromatic heterocycles. The monoisotopic (exact) mass is 334 g/mol. The number of piperidine rings is 1. The lowest BCUT2D eigenvalue weighted by molar-refractivity contribution is -0.122. The number of likely N-dealkylation sites (tertiary alicyclic amines) is 1. The van der Waals surface area contributed by atoms with Crippen molar-refractivity contribution in [3.63, 3.8) is 0 Å². The van der Waals surface area contributed by atoms with Gasteiger partial charge in [0.25, 0.3) is 0 Å². The Balaban J connectivity index is 1.37. The Bertz CT molecular complexity index is 534. The molecule has 2 N–H and O–H groups in total. The van der Waals surface area contributed by atoms with Crippen molar-refractivity contribution in [2.45, 2.75) is 76.5 Å². The zero-order chi connectivity index (χ0) is 16.9. The van der Waals surface area contributed by atoms with Crippen LogP contribution in [0.25, 0.3) is 0 Å². The van der Waals surface area contributed by atoms with Crippen LogP contribution in [-0.2, 0) is 11.2 Å². The minimum Gasteiger partial charge on any atom is -0.466 e. The van der Waals surface area contributed by atoms with Gasteiger partial charge in [0.1, 0.15) is 11.5 Å². The van der Waals surface area contributed by atoms with E-state index in [-0.39, 0.29) is 18.1 Å². The van der Waals surface area contributed by atoms with Crippen LogP contribution in [-0.4, -0.2) is 47.2 Å². The molecule has 3 rings (SSSR count). The molecule has 2 aliphatic rings. The summed E-state index contributed by atoms with van der Waals surface area (Å²) in [4.78, 5) is 14.5. The second-order valence-corrected chi connectivity index (χ2v) is 7.31. The van der Waals surface area contributed by atoms with Crippen molar-refractivity contribution < 1.29 is 14.3 Å². The third-order valence-electron chi connectivity index (χ3n) is 5.45. The Hall–Kier alpha value is -1.33. The maximum atomic E-state index is 12.1. The summed E-state index contributed by atoms with van der Waals surface area (Å²) in [5.74, 6) is 1.88. The molecule has 0 aromatic carbocycles. The van der Waals surface area contributed by atoms with Gasteiger partial charge in [-0.3, -0.25) is 9.69 Å². The number of nitrogens with zero attached hydrogens (tertiary/aromatic N) is 1. The molecule has 1 saturated heterocycles. The summed E-state index contributed by atoms with van der Waals surface area (Å²) in [5, 5.41) is 13.4. The quantitative estimate of drug-likeness (QED) is 0.868. The first-order valence-electron chi connectivity index (χ1n) is 9.38. The van der Waals surface area contributed by atoms with Crippen LogP contribution < -0.4 is 5.32 Å². The highest BCUT2D eigenvalue weighted by atomic mass is 16.3. The van der Waals surface area contributed by atoms with Crippen molar-refractivity contribution in [1.82, 2.24) is 10.2 Å². The number of amides is 1. The number of rotatable bonds is 5.